The maximum absolute atomic E-state index is 12.9. The Morgan fingerprint density at radius 1 is 1.35 bits per heavy atom. The molecule has 1 N–H and O–H groups in total. The number of H-pyrrole nitrogens is 1. The van der Waals surface area contributed by atoms with Crippen LogP contribution in [-0.4, -0.2) is 27.0 Å². The average Bonchev–Trinajstić information content (AvgIpc) is 3.09. The Bertz CT molecular complexity index is 818. The molecule has 0 saturated heterocycles. The summed E-state index contributed by atoms with van der Waals surface area (Å²) in [5.74, 6) is 0.950. The van der Waals surface area contributed by atoms with Crippen LogP contribution in [0.5, 0.6) is 0 Å². The molecule has 5 nitrogen and oxygen atoms in total. The molecule has 2 heterocycles. The number of nitrogens with one attached hydrogen (secondary N) is 1. The lowest BCUT2D eigenvalue weighted by Crippen LogP contribution is -2.36. The molecule has 5 heteroatoms. The van der Waals surface area contributed by atoms with Crippen LogP contribution in [0.25, 0.3) is 10.9 Å². The van der Waals surface area contributed by atoms with E-state index in [4.69, 9.17) is 4.42 Å². The van der Waals surface area contributed by atoms with Crippen LogP contribution in [0.3, 0.4) is 0 Å². The molecule has 1 aliphatic carbocycles. The van der Waals surface area contributed by atoms with Crippen molar-refractivity contribution >= 4 is 16.8 Å². The topological polar surface area (TPSA) is 62.1 Å². The second kappa shape index (κ2) is 5.57. The Hall–Kier alpha value is -2.56. The second-order valence-corrected chi connectivity index (χ2v) is 6.12. The monoisotopic (exact) mass is 309 g/mol. The quantitative estimate of drug-likeness (QED) is 0.785. The molecule has 1 atom stereocenters. The summed E-state index contributed by atoms with van der Waals surface area (Å²) >= 11 is 0. The zero-order valence-electron chi connectivity index (χ0n) is 13.0. The molecule has 0 aliphatic heterocycles. The molecule has 3 aromatic rings. The number of furan rings is 1. The van der Waals surface area contributed by atoms with Gasteiger partial charge in [0.2, 0.25) is 5.91 Å². The number of hydrogen-bond acceptors (Lipinski definition) is 3. The number of nitrogens with zero attached hydrogens (tertiary/aromatic N) is 2. The van der Waals surface area contributed by atoms with Gasteiger partial charge in [-0.25, -0.2) is 0 Å². The lowest BCUT2D eigenvalue weighted by atomic mass is 10.1. The highest BCUT2D eigenvalue weighted by Crippen LogP contribution is 2.35. The molecule has 1 aliphatic rings. The molecule has 118 valence electrons. The van der Waals surface area contributed by atoms with Crippen molar-refractivity contribution in [2.24, 2.45) is 0 Å². The van der Waals surface area contributed by atoms with Crippen molar-refractivity contribution in [3.8, 4) is 0 Å². The summed E-state index contributed by atoms with van der Waals surface area (Å²) in [6.07, 6.45) is 4.13. The second-order valence-electron chi connectivity index (χ2n) is 6.12. The van der Waals surface area contributed by atoms with E-state index in [0.717, 1.165) is 35.2 Å². The Balaban J connectivity index is 1.58. The van der Waals surface area contributed by atoms with E-state index in [0.29, 0.717) is 12.5 Å². The van der Waals surface area contributed by atoms with E-state index in [-0.39, 0.29) is 11.9 Å². The lowest BCUT2D eigenvalue weighted by molar-refractivity contribution is -0.133. The molecule has 0 spiro atoms. The summed E-state index contributed by atoms with van der Waals surface area (Å²) in [4.78, 5) is 14.9. The minimum Gasteiger partial charge on any atom is -0.467 e. The SMILES string of the molecule is C[C@@H](c1ccco1)N(C(=O)Cc1[nH]nc2ccccc12)C1CC1. The van der Waals surface area contributed by atoms with Crippen molar-refractivity contribution in [1.29, 1.82) is 0 Å². The smallest absolute Gasteiger partial charge is 0.229 e. The maximum Gasteiger partial charge on any atom is 0.229 e. The predicted molar refractivity (Wildman–Crippen MR) is 86.8 cm³/mol. The van der Waals surface area contributed by atoms with Gasteiger partial charge in [0.05, 0.1) is 29.9 Å². The van der Waals surface area contributed by atoms with Crippen LogP contribution in [0.2, 0.25) is 0 Å². The van der Waals surface area contributed by atoms with Gasteiger partial charge >= 0.3 is 0 Å². The van der Waals surface area contributed by atoms with E-state index >= 15 is 0 Å². The van der Waals surface area contributed by atoms with Crippen molar-refractivity contribution in [1.82, 2.24) is 15.1 Å². The zero-order valence-corrected chi connectivity index (χ0v) is 13.0. The van der Waals surface area contributed by atoms with Gasteiger partial charge in [-0.2, -0.15) is 5.10 Å². The fourth-order valence-electron chi connectivity index (χ4n) is 3.15. The molecule has 23 heavy (non-hydrogen) atoms. The highest BCUT2D eigenvalue weighted by Gasteiger charge is 2.37. The van der Waals surface area contributed by atoms with Crippen molar-refractivity contribution in [3.63, 3.8) is 0 Å². The van der Waals surface area contributed by atoms with Gasteiger partial charge < -0.3 is 9.32 Å². The Morgan fingerprint density at radius 3 is 2.91 bits per heavy atom. The van der Waals surface area contributed by atoms with Gasteiger partial charge in [-0.15, -0.1) is 0 Å². The third-order valence-corrected chi connectivity index (χ3v) is 4.47. The molecule has 2 aromatic heterocycles. The van der Waals surface area contributed by atoms with Gasteiger partial charge in [-0.3, -0.25) is 9.89 Å². The van der Waals surface area contributed by atoms with Crippen LogP contribution in [0.4, 0.5) is 0 Å². The van der Waals surface area contributed by atoms with Crippen molar-refractivity contribution in [2.75, 3.05) is 0 Å². The molecule has 1 saturated carbocycles. The van der Waals surface area contributed by atoms with E-state index in [1.807, 2.05) is 48.2 Å². The maximum atomic E-state index is 12.9. The first kappa shape index (κ1) is 14.1. The number of para-hydroxylation sites is 1. The Labute approximate surface area is 134 Å². The lowest BCUT2D eigenvalue weighted by Gasteiger charge is -2.28. The van der Waals surface area contributed by atoms with Crippen LogP contribution in [0.1, 0.15) is 37.3 Å². The number of carbonyl (C=O) groups is 1. The number of aromatic amines is 1. The van der Waals surface area contributed by atoms with Gasteiger partial charge in [0.1, 0.15) is 5.76 Å². The fourth-order valence-corrected chi connectivity index (χ4v) is 3.15. The summed E-state index contributed by atoms with van der Waals surface area (Å²) in [6.45, 7) is 2.03. The largest absolute Gasteiger partial charge is 0.467 e. The van der Waals surface area contributed by atoms with Gasteiger partial charge in [-0.05, 0) is 38.0 Å². The van der Waals surface area contributed by atoms with Gasteiger partial charge in [0.15, 0.2) is 0 Å². The van der Waals surface area contributed by atoms with Crippen molar-refractivity contribution in [2.45, 2.75) is 38.3 Å². The Morgan fingerprint density at radius 2 is 2.17 bits per heavy atom. The highest BCUT2D eigenvalue weighted by atomic mass is 16.3. The van der Waals surface area contributed by atoms with Crippen LogP contribution in [0.15, 0.2) is 47.1 Å². The number of fused-ring (bicyclic) bond motifs is 1. The van der Waals surface area contributed by atoms with Crippen molar-refractivity contribution in [3.05, 3.63) is 54.1 Å². The first-order valence-corrected chi connectivity index (χ1v) is 8.00. The predicted octanol–water partition coefficient (Wildman–Crippen LogP) is 3.45. The number of carbonyl (C=O) groups excluding carboxylic acids is 1. The van der Waals surface area contributed by atoms with Gasteiger partial charge in [0, 0.05) is 11.4 Å². The molecule has 1 amide bonds. The van der Waals surface area contributed by atoms with Crippen LogP contribution in [0, 0.1) is 0 Å². The van der Waals surface area contributed by atoms with Crippen molar-refractivity contribution < 1.29 is 9.21 Å². The molecule has 0 bridgehead atoms. The molecular formula is C18H19N3O2. The standard InChI is InChI=1S/C18H19N3O2/c1-12(17-7-4-10-23-17)21(13-8-9-13)18(22)11-16-14-5-2-3-6-15(14)19-20-16/h2-7,10,12-13H,8-9,11H2,1H3,(H,19,20)/t12-/m0/s1. The number of amides is 1. The third kappa shape index (κ3) is 2.63. The first-order valence-electron chi connectivity index (χ1n) is 8.00. The molecule has 1 aromatic carbocycles. The minimum absolute atomic E-state index is 0.0424. The summed E-state index contributed by atoms with van der Waals surface area (Å²) in [7, 11) is 0. The molecule has 1 fully saturated rings. The number of benzene rings is 1. The van der Waals surface area contributed by atoms with Gasteiger partial charge in [-0.1, -0.05) is 18.2 Å². The van der Waals surface area contributed by atoms with Crippen LogP contribution < -0.4 is 0 Å². The Kier molecular flexibility index (Phi) is 3.41. The van der Waals surface area contributed by atoms with Gasteiger partial charge in [0.25, 0.3) is 0 Å². The molecule has 4 rings (SSSR count). The fraction of sp³-hybridized carbons (Fsp3) is 0.333. The van der Waals surface area contributed by atoms with Crippen LogP contribution >= 0.6 is 0 Å². The van der Waals surface area contributed by atoms with E-state index in [2.05, 4.69) is 10.2 Å². The normalized spacial score (nSPS) is 15.7. The highest BCUT2D eigenvalue weighted by molar-refractivity contribution is 5.87. The molecular weight excluding hydrogens is 290 g/mol. The van der Waals surface area contributed by atoms with E-state index < -0.39 is 0 Å². The van der Waals surface area contributed by atoms with E-state index in [9.17, 15) is 4.79 Å². The third-order valence-electron chi connectivity index (χ3n) is 4.47. The number of aromatic nitrogens is 2. The zero-order chi connectivity index (χ0) is 15.8. The summed E-state index contributed by atoms with van der Waals surface area (Å²) < 4.78 is 5.50. The summed E-state index contributed by atoms with van der Waals surface area (Å²) in [6, 6.07) is 11.9. The first-order chi connectivity index (χ1) is 11.2. The summed E-state index contributed by atoms with van der Waals surface area (Å²) in [5.41, 5.74) is 1.77. The molecule has 0 radical (unpaired) electrons. The number of rotatable bonds is 5. The molecule has 0 unspecified atom stereocenters. The number of hydrogen-bond donors (Lipinski definition) is 1. The average molecular weight is 309 g/mol. The van der Waals surface area contributed by atoms with E-state index in [1.165, 1.54) is 0 Å². The minimum atomic E-state index is -0.0424. The van der Waals surface area contributed by atoms with E-state index in [1.54, 1.807) is 6.26 Å². The van der Waals surface area contributed by atoms with Crippen LogP contribution in [-0.2, 0) is 11.2 Å². The summed E-state index contributed by atoms with van der Waals surface area (Å²) in [5, 5.41) is 8.30.